The molecule has 1 aromatic rings. The van der Waals surface area contributed by atoms with E-state index in [9.17, 15) is 0 Å². The fourth-order valence-corrected chi connectivity index (χ4v) is 1.15. The maximum absolute atomic E-state index is 5.73. The van der Waals surface area contributed by atoms with Crippen LogP contribution in [0, 0.1) is 0 Å². The predicted octanol–water partition coefficient (Wildman–Crippen LogP) is 1.76. The molecule has 0 N–H and O–H groups in total. The van der Waals surface area contributed by atoms with Crippen LogP contribution in [0.1, 0.15) is 24.6 Å². The summed E-state index contributed by atoms with van der Waals surface area (Å²) in [6.07, 6.45) is 6.02. The molecule has 0 aromatic carbocycles. The number of halogens is 1. The highest BCUT2D eigenvalue weighted by molar-refractivity contribution is 6.15. The van der Waals surface area contributed by atoms with Crippen LogP contribution in [0.15, 0.2) is 12.4 Å². The third kappa shape index (κ3) is 0.833. The van der Waals surface area contributed by atoms with Gasteiger partial charge in [0.1, 0.15) is 5.82 Å². The van der Waals surface area contributed by atoms with Gasteiger partial charge in [-0.05, 0) is 12.8 Å². The smallest absolute Gasteiger partial charge is 0.126 e. The minimum Gasteiger partial charge on any atom is -0.246 e. The summed E-state index contributed by atoms with van der Waals surface area (Å²) in [4.78, 5) is 4.11. The summed E-state index contributed by atoms with van der Waals surface area (Å²) in [5, 5.41) is 0. The molecule has 0 saturated heterocycles. The van der Waals surface area contributed by atoms with Gasteiger partial charge in [0.05, 0.1) is 0 Å². The number of rotatable bonds is 1. The number of imidazole rings is 1. The molecule has 0 atom stereocenters. The molecule has 9 heavy (non-hydrogen) atoms. The Morgan fingerprint density at radius 3 is 2.89 bits per heavy atom. The second-order valence-corrected chi connectivity index (χ2v) is 2.74. The molecule has 1 saturated carbocycles. The van der Waals surface area contributed by atoms with Crippen LogP contribution in [0.5, 0.6) is 0 Å². The molecule has 2 nitrogen and oxygen atoms in total. The van der Waals surface area contributed by atoms with E-state index >= 15 is 0 Å². The van der Waals surface area contributed by atoms with Crippen LogP contribution in [-0.4, -0.2) is 9.07 Å². The van der Waals surface area contributed by atoms with Crippen LogP contribution in [0.4, 0.5) is 0 Å². The minimum absolute atomic E-state index is 0.650. The molecule has 0 spiro atoms. The molecule has 0 radical (unpaired) electrons. The van der Waals surface area contributed by atoms with Crippen LogP contribution in [0.3, 0.4) is 0 Å². The van der Waals surface area contributed by atoms with Crippen molar-refractivity contribution < 1.29 is 0 Å². The molecule has 3 heteroatoms. The minimum atomic E-state index is 0.650. The van der Waals surface area contributed by atoms with Gasteiger partial charge in [0, 0.05) is 30.1 Å². The summed E-state index contributed by atoms with van der Waals surface area (Å²) in [5.74, 6) is 1.68. The van der Waals surface area contributed by atoms with Crippen molar-refractivity contribution >= 4 is 11.8 Å². The summed E-state index contributed by atoms with van der Waals surface area (Å²) in [7, 11) is 0. The number of aromatic nitrogens is 2. The van der Waals surface area contributed by atoms with E-state index in [0.29, 0.717) is 5.92 Å². The summed E-state index contributed by atoms with van der Waals surface area (Å²) in [5.41, 5.74) is 0. The van der Waals surface area contributed by atoms with Gasteiger partial charge in [-0.15, -0.1) is 0 Å². The van der Waals surface area contributed by atoms with Crippen molar-refractivity contribution in [3.63, 3.8) is 0 Å². The van der Waals surface area contributed by atoms with Crippen LogP contribution < -0.4 is 0 Å². The first-order chi connectivity index (χ1) is 4.38. The Hall–Kier alpha value is -0.500. The zero-order valence-corrected chi connectivity index (χ0v) is 5.67. The van der Waals surface area contributed by atoms with Crippen LogP contribution >= 0.6 is 11.8 Å². The highest BCUT2D eigenvalue weighted by atomic mass is 35.5. The van der Waals surface area contributed by atoms with E-state index in [1.54, 1.807) is 16.5 Å². The molecule has 2 rings (SSSR count). The van der Waals surface area contributed by atoms with Gasteiger partial charge in [-0.3, -0.25) is 0 Å². The lowest BCUT2D eigenvalue weighted by Crippen LogP contribution is -1.87. The van der Waals surface area contributed by atoms with E-state index < -0.39 is 0 Å². The zero-order chi connectivity index (χ0) is 6.27. The van der Waals surface area contributed by atoms with E-state index in [4.69, 9.17) is 11.8 Å². The molecule has 0 unspecified atom stereocenters. The first kappa shape index (κ1) is 5.30. The summed E-state index contributed by atoms with van der Waals surface area (Å²) in [6, 6.07) is 0. The fraction of sp³-hybridized carbons (Fsp3) is 0.500. The molecule has 0 aliphatic heterocycles. The predicted molar refractivity (Wildman–Crippen MR) is 35.5 cm³/mol. The molecule has 0 amide bonds. The molecular weight excluding hydrogens is 136 g/mol. The highest BCUT2D eigenvalue weighted by Crippen LogP contribution is 2.39. The van der Waals surface area contributed by atoms with Gasteiger partial charge < -0.3 is 0 Å². The van der Waals surface area contributed by atoms with Gasteiger partial charge in [0.15, 0.2) is 0 Å². The molecule has 1 fully saturated rings. The lowest BCUT2D eigenvalue weighted by Gasteiger charge is -1.91. The lowest BCUT2D eigenvalue weighted by atomic mass is 10.4. The zero-order valence-electron chi connectivity index (χ0n) is 4.92. The second-order valence-electron chi connectivity index (χ2n) is 2.37. The third-order valence-electron chi connectivity index (χ3n) is 1.57. The van der Waals surface area contributed by atoms with Crippen molar-refractivity contribution in [1.29, 1.82) is 0 Å². The topological polar surface area (TPSA) is 17.8 Å². The van der Waals surface area contributed by atoms with E-state index in [-0.39, 0.29) is 0 Å². The monoisotopic (exact) mass is 142 g/mol. The molecule has 0 bridgehead atoms. The maximum Gasteiger partial charge on any atom is 0.126 e. The van der Waals surface area contributed by atoms with E-state index in [2.05, 4.69) is 4.98 Å². The average molecular weight is 143 g/mol. The molecular formula is C6H7ClN2. The Morgan fingerprint density at radius 1 is 1.67 bits per heavy atom. The second kappa shape index (κ2) is 1.74. The van der Waals surface area contributed by atoms with Crippen molar-refractivity contribution in [3.05, 3.63) is 18.2 Å². The Balaban J connectivity index is 2.35. The largest absolute Gasteiger partial charge is 0.246 e. The van der Waals surface area contributed by atoms with E-state index in [0.717, 1.165) is 5.82 Å². The SMILES string of the molecule is Cln1ccnc1C1CC1. The van der Waals surface area contributed by atoms with Gasteiger partial charge in [-0.1, -0.05) is 0 Å². The van der Waals surface area contributed by atoms with Crippen molar-refractivity contribution in [1.82, 2.24) is 9.07 Å². The normalized spacial score (nSPS) is 18.3. The molecule has 1 aromatic heterocycles. The van der Waals surface area contributed by atoms with Crippen molar-refractivity contribution in [2.75, 3.05) is 0 Å². The van der Waals surface area contributed by atoms with Gasteiger partial charge in [0.2, 0.25) is 0 Å². The maximum atomic E-state index is 5.73. The summed E-state index contributed by atoms with van der Waals surface area (Å²) >= 11 is 5.73. The number of nitrogens with zero attached hydrogens (tertiary/aromatic N) is 2. The van der Waals surface area contributed by atoms with E-state index in [1.165, 1.54) is 12.8 Å². The van der Waals surface area contributed by atoms with Crippen molar-refractivity contribution in [2.45, 2.75) is 18.8 Å². The van der Waals surface area contributed by atoms with Gasteiger partial charge in [-0.25, -0.2) is 9.07 Å². The van der Waals surface area contributed by atoms with Gasteiger partial charge >= 0.3 is 0 Å². The first-order valence-corrected chi connectivity index (χ1v) is 3.41. The third-order valence-corrected chi connectivity index (χ3v) is 1.85. The average Bonchev–Trinajstić information content (AvgIpc) is 2.58. The number of hydrogen-bond acceptors (Lipinski definition) is 1. The van der Waals surface area contributed by atoms with Gasteiger partial charge in [-0.2, -0.15) is 0 Å². The number of hydrogen-bond donors (Lipinski definition) is 0. The van der Waals surface area contributed by atoms with Crippen molar-refractivity contribution in [3.8, 4) is 0 Å². The Morgan fingerprint density at radius 2 is 2.44 bits per heavy atom. The lowest BCUT2D eigenvalue weighted by molar-refractivity contribution is 0.939. The van der Waals surface area contributed by atoms with Crippen molar-refractivity contribution in [2.24, 2.45) is 0 Å². The van der Waals surface area contributed by atoms with Gasteiger partial charge in [0.25, 0.3) is 0 Å². The molecule has 48 valence electrons. The molecule has 1 aliphatic rings. The Bertz CT molecular complexity index is 215. The summed E-state index contributed by atoms with van der Waals surface area (Å²) in [6.45, 7) is 0. The van der Waals surface area contributed by atoms with Crippen LogP contribution in [0.25, 0.3) is 0 Å². The quantitative estimate of drug-likeness (QED) is 0.584. The highest BCUT2D eigenvalue weighted by Gasteiger charge is 2.27. The Kier molecular flexibility index (Phi) is 1.02. The molecule has 1 aliphatic carbocycles. The molecule has 1 heterocycles. The fourth-order valence-electron chi connectivity index (χ4n) is 0.921. The van der Waals surface area contributed by atoms with E-state index in [1.807, 2.05) is 0 Å². The van der Waals surface area contributed by atoms with Crippen LogP contribution in [0.2, 0.25) is 0 Å². The van der Waals surface area contributed by atoms with Crippen LogP contribution in [-0.2, 0) is 0 Å². The first-order valence-electron chi connectivity index (χ1n) is 3.07. The Labute approximate surface area is 58.6 Å². The summed E-state index contributed by atoms with van der Waals surface area (Å²) < 4.78 is 1.58. The standard InChI is InChI=1S/C6H7ClN2/c7-9-4-3-8-6(9)5-1-2-5/h3-5H,1-2H2.